The number of hydrogen-bond donors (Lipinski definition) is 4. The van der Waals surface area contributed by atoms with Gasteiger partial charge in [-0.25, -0.2) is 9.36 Å². The summed E-state index contributed by atoms with van der Waals surface area (Å²) in [6, 6.07) is 0.212. The van der Waals surface area contributed by atoms with Crippen LogP contribution in [0.5, 0.6) is 0 Å². The van der Waals surface area contributed by atoms with E-state index in [-0.39, 0.29) is 5.96 Å². The van der Waals surface area contributed by atoms with Crippen LogP contribution in [0.1, 0.15) is 17.6 Å². The number of aliphatic imine (C=N–C) groups is 1. The van der Waals surface area contributed by atoms with E-state index in [1.165, 1.54) is 0 Å². The van der Waals surface area contributed by atoms with Crippen LogP contribution in [0.2, 0.25) is 0 Å². The highest BCUT2D eigenvalue weighted by molar-refractivity contribution is 5.83. The van der Waals surface area contributed by atoms with Crippen molar-refractivity contribution in [1.82, 2.24) is 9.55 Å². The number of carbonyl (C=O) groups is 1. The molecular weight excluding hydrogens is 252 g/mol. The number of aromatic nitrogens is 2. The standard InChI is InChI=1S/C10H16N6O3/c11-6(2-1-4-14-9(12)13)8(18)16-5-3-7(17)15-10(16)19/h3,5-6H,1-2,4,11H2,(H4,12,13,14)(H,15,17,19)/t6-/m0/s1. The summed E-state index contributed by atoms with van der Waals surface area (Å²) < 4.78 is 0.770. The molecule has 0 fully saturated rings. The molecule has 9 nitrogen and oxygen atoms in total. The first kappa shape index (κ1) is 14.6. The first-order valence-electron chi connectivity index (χ1n) is 5.59. The maximum absolute atomic E-state index is 11.8. The van der Waals surface area contributed by atoms with Crippen LogP contribution in [0.15, 0.2) is 26.8 Å². The summed E-state index contributed by atoms with van der Waals surface area (Å²) in [6.45, 7) is 0.351. The number of nitrogens with one attached hydrogen (secondary N) is 1. The van der Waals surface area contributed by atoms with Crippen molar-refractivity contribution < 1.29 is 4.79 Å². The summed E-state index contributed by atoms with van der Waals surface area (Å²) in [5, 5.41) is 0. The molecular formula is C10H16N6O3. The van der Waals surface area contributed by atoms with Gasteiger partial charge in [-0.1, -0.05) is 0 Å². The molecule has 0 aromatic carbocycles. The second kappa shape index (κ2) is 6.50. The molecule has 0 aliphatic carbocycles. The van der Waals surface area contributed by atoms with Crippen molar-refractivity contribution in [3.63, 3.8) is 0 Å². The van der Waals surface area contributed by atoms with E-state index in [9.17, 15) is 14.4 Å². The number of guanidine groups is 1. The number of nitrogens with zero attached hydrogens (tertiary/aromatic N) is 2. The van der Waals surface area contributed by atoms with Gasteiger partial charge < -0.3 is 17.2 Å². The van der Waals surface area contributed by atoms with Gasteiger partial charge in [0.2, 0.25) is 0 Å². The van der Waals surface area contributed by atoms with Crippen molar-refractivity contribution >= 4 is 11.9 Å². The molecule has 104 valence electrons. The topological polar surface area (TPSA) is 162 Å². The quantitative estimate of drug-likeness (QED) is 0.263. The van der Waals surface area contributed by atoms with E-state index in [0.717, 1.165) is 16.8 Å². The zero-order chi connectivity index (χ0) is 14.4. The van der Waals surface area contributed by atoms with Gasteiger partial charge in [0.15, 0.2) is 5.96 Å². The molecule has 1 aromatic heterocycles. The summed E-state index contributed by atoms with van der Waals surface area (Å²) in [6.07, 6.45) is 1.92. The Kier molecular flexibility index (Phi) is 5.01. The van der Waals surface area contributed by atoms with Crippen LogP contribution in [-0.4, -0.2) is 34.0 Å². The molecule has 1 heterocycles. The van der Waals surface area contributed by atoms with Crippen molar-refractivity contribution in [3.05, 3.63) is 33.1 Å². The maximum atomic E-state index is 11.8. The Balaban J connectivity index is 2.64. The number of hydrogen-bond acceptors (Lipinski definition) is 5. The molecule has 19 heavy (non-hydrogen) atoms. The van der Waals surface area contributed by atoms with Gasteiger partial charge in [-0.05, 0) is 12.8 Å². The van der Waals surface area contributed by atoms with Crippen molar-refractivity contribution in [2.75, 3.05) is 6.54 Å². The number of rotatable bonds is 5. The molecule has 0 saturated carbocycles. The Bertz CT molecular complexity index is 583. The largest absolute Gasteiger partial charge is 0.370 e. The first-order chi connectivity index (χ1) is 8.91. The lowest BCUT2D eigenvalue weighted by Crippen LogP contribution is -2.42. The lowest BCUT2D eigenvalue weighted by molar-refractivity contribution is 0.0868. The predicted octanol–water partition coefficient (Wildman–Crippen LogP) is -2.44. The Morgan fingerprint density at radius 2 is 2.11 bits per heavy atom. The molecule has 0 aliphatic rings. The number of carbonyl (C=O) groups excluding carboxylic acids is 1. The van der Waals surface area contributed by atoms with Gasteiger partial charge in [-0.2, -0.15) is 0 Å². The van der Waals surface area contributed by atoms with Gasteiger partial charge in [-0.15, -0.1) is 0 Å². The van der Waals surface area contributed by atoms with Gasteiger partial charge in [-0.3, -0.25) is 19.6 Å². The smallest absolute Gasteiger partial charge is 0.335 e. The van der Waals surface area contributed by atoms with Gasteiger partial charge in [0.1, 0.15) is 0 Å². The van der Waals surface area contributed by atoms with Crippen LogP contribution in [0.25, 0.3) is 0 Å². The molecule has 0 saturated heterocycles. The fourth-order valence-electron chi connectivity index (χ4n) is 1.41. The van der Waals surface area contributed by atoms with E-state index in [0.29, 0.717) is 19.4 Å². The van der Waals surface area contributed by atoms with E-state index in [1.807, 2.05) is 4.98 Å². The summed E-state index contributed by atoms with van der Waals surface area (Å²) in [5.74, 6) is -0.622. The zero-order valence-electron chi connectivity index (χ0n) is 10.2. The van der Waals surface area contributed by atoms with E-state index in [1.54, 1.807) is 0 Å². The second-order valence-corrected chi connectivity index (χ2v) is 3.87. The van der Waals surface area contributed by atoms with Crippen LogP contribution in [0.3, 0.4) is 0 Å². The van der Waals surface area contributed by atoms with Crippen molar-refractivity contribution in [1.29, 1.82) is 0 Å². The molecule has 1 aromatic rings. The van der Waals surface area contributed by atoms with Crippen LogP contribution in [-0.2, 0) is 0 Å². The molecule has 0 amide bonds. The maximum Gasteiger partial charge on any atom is 0.335 e. The third-order valence-electron chi connectivity index (χ3n) is 2.35. The first-order valence-corrected chi connectivity index (χ1v) is 5.59. The molecule has 7 N–H and O–H groups in total. The third-order valence-corrected chi connectivity index (χ3v) is 2.35. The lowest BCUT2D eigenvalue weighted by Gasteiger charge is -2.10. The van der Waals surface area contributed by atoms with Gasteiger partial charge in [0, 0.05) is 18.8 Å². The van der Waals surface area contributed by atoms with Crippen LogP contribution < -0.4 is 28.5 Å². The monoisotopic (exact) mass is 268 g/mol. The average Bonchev–Trinajstić information content (AvgIpc) is 2.33. The minimum Gasteiger partial charge on any atom is -0.370 e. The highest BCUT2D eigenvalue weighted by Crippen LogP contribution is 1.97. The van der Waals surface area contributed by atoms with Crippen molar-refractivity contribution in [3.8, 4) is 0 Å². The van der Waals surface area contributed by atoms with E-state index in [2.05, 4.69) is 4.99 Å². The SMILES string of the molecule is NC(N)=NCCC[C@H](N)C(=O)n1ccc(=O)[nH]c1=O. The van der Waals surface area contributed by atoms with Crippen molar-refractivity contribution in [2.24, 2.45) is 22.2 Å². The van der Waals surface area contributed by atoms with Crippen LogP contribution in [0.4, 0.5) is 0 Å². The lowest BCUT2D eigenvalue weighted by atomic mass is 10.1. The van der Waals surface area contributed by atoms with Crippen molar-refractivity contribution in [2.45, 2.75) is 18.9 Å². The van der Waals surface area contributed by atoms with Gasteiger partial charge >= 0.3 is 5.69 Å². The Hall–Kier alpha value is -2.42. The molecule has 0 unspecified atom stereocenters. The molecule has 1 rings (SSSR count). The number of aromatic amines is 1. The molecule has 0 bridgehead atoms. The number of nitrogens with two attached hydrogens (primary N) is 3. The minimum absolute atomic E-state index is 0.0308. The molecule has 1 atom stereocenters. The summed E-state index contributed by atoms with van der Waals surface area (Å²) in [4.78, 5) is 39.8. The van der Waals surface area contributed by atoms with E-state index >= 15 is 0 Å². The molecule has 0 spiro atoms. The zero-order valence-corrected chi connectivity index (χ0v) is 10.2. The van der Waals surface area contributed by atoms with Crippen LogP contribution in [0, 0.1) is 0 Å². The predicted molar refractivity (Wildman–Crippen MR) is 69.8 cm³/mol. The second-order valence-electron chi connectivity index (χ2n) is 3.87. The third kappa shape index (κ3) is 4.39. The summed E-state index contributed by atoms with van der Waals surface area (Å²) >= 11 is 0. The fraction of sp³-hybridized carbons (Fsp3) is 0.400. The fourth-order valence-corrected chi connectivity index (χ4v) is 1.41. The highest BCUT2D eigenvalue weighted by atomic mass is 16.2. The minimum atomic E-state index is -0.863. The molecule has 9 heteroatoms. The Labute approximate surface area is 108 Å². The van der Waals surface area contributed by atoms with E-state index < -0.39 is 23.2 Å². The number of H-pyrrole nitrogens is 1. The van der Waals surface area contributed by atoms with E-state index in [4.69, 9.17) is 17.2 Å². The van der Waals surface area contributed by atoms with Crippen LogP contribution >= 0.6 is 0 Å². The normalized spacial score (nSPS) is 11.8. The summed E-state index contributed by atoms with van der Waals surface area (Å²) in [5.41, 5.74) is 14.6. The Morgan fingerprint density at radius 3 is 2.68 bits per heavy atom. The molecule has 0 aliphatic heterocycles. The Morgan fingerprint density at radius 1 is 1.42 bits per heavy atom. The highest BCUT2D eigenvalue weighted by Gasteiger charge is 2.16. The summed E-state index contributed by atoms with van der Waals surface area (Å²) in [7, 11) is 0. The average molecular weight is 268 g/mol. The molecule has 0 radical (unpaired) electrons. The van der Waals surface area contributed by atoms with Gasteiger partial charge in [0.05, 0.1) is 6.04 Å². The van der Waals surface area contributed by atoms with Gasteiger partial charge in [0.25, 0.3) is 11.5 Å².